The van der Waals surface area contributed by atoms with Crippen LogP contribution in [0.4, 0.5) is 10.5 Å². The zero-order chi connectivity index (χ0) is 24.6. The molecular weight excluding hydrogens is 472 g/mol. The second-order valence-corrected chi connectivity index (χ2v) is 9.87. The Labute approximate surface area is 213 Å². The van der Waals surface area contributed by atoms with E-state index in [1.165, 1.54) is 11.1 Å². The molecule has 2 aromatic carbocycles. The number of hydrogen-bond donors (Lipinski definition) is 1. The van der Waals surface area contributed by atoms with Gasteiger partial charge in [-0.3, -0.25) is 4.90 Å². The Morgan fingerprint density at radius 2 is 1.97 bits per heavy atom. The molecule has 1 aliphatic heterocycles. The van der Waals surface area contributed by atoms with E-state index in [0.717, 1.165) is 52.4 Å². The fourth-order valence-electron chi connectivity index (χ4n) is 5.04. The van der Waals surface area contributed by atoms with Gasteiger partial charge in [0.15, 0.2) is 0 Å². The lowest BCUT2D eigenvalue weighted by Gasteiger charge is -2.35. The van der Waals surface area contributed by atoms with Crippen LogP contribution in [0, 0.1) is 0 Å². The summed E-state index contributed by atoms with van der Waals surface area (Å²) in [6, 6.07) is 17.3. The minimum Gasteiger partial charge on any atom is -0.494 e. The molecule has 3 heterocycles. The molecule has 0 saturated carbocycles. The molecule has 36 heavy (non-hydrogen) atoms. The van der Waals surface area contributed by atoms with Gasteiger partial charge in [-0.1, -0.05) is 29.4 Å². The molecule has 7 nitrogen and oxygen atoms in total. The van der Waals surface area contributed by atoms with Crippen LogP contribution in [0.3, 0.4) is 0 Å². The number of benzene rings is 2. The molecule has 0 spiro atoms. The van der Waals surface area contributed by atoms with Gasteiger partial charge in [-0.2, -0.15) is 4.98 Å². The van der Waals surface area contributed by atoms with Gasteiger partial charge in [-0.15, -0.1) is 11.3 Å². The molecular formula is C28H26N4O3S. The number of thiophene rings is 1. The lowest BCUT2D eigenvalue weighted by Crippen LogP contribution is -2.46. The average molecular weight is 499 g/mol. The van der Waals surface area contributed by atoms with Gasteiger partial charge in [-0.25, -0.2) is 4.79 Å². The quantitative estimate of drug-likeness (QED) is 0.333. The number of hydrogen-bond acceptors (Lipinski definition) is 6. The Balaban J connectivity index is 1.46. The third kappa shape index (κ3) is 3.97. The maximum atomic E-state index is 13.5. The Morgan fingerprint density at radius 3 is 2.75 bits per heavy atom. The molecule has 1 atom stereocenters. The maximum absolute atomic E-state index is 13.5. The molecule has 2 aliphatic rings. The van der Waals surface area contributed by atoms with Crippen molar-refractivity contribution in [3.05, 3.63) is 88.3 Å². The number of fused-ring (bicyclic) bond motifs is 1. The van der Waals surface area contributed by atoms with Crippen molar-refractivity contribution in [1.82, 2.24) is 15.5 Å². The van der Waals surface area contributed by atoms with E-state index in [1.54, 1.807) is 16.2 Å². The number of amides is 2. The van der Waals surface area contributed by atoms with E-state index >= 15 is 0 Å². The highest BCUT2D eigenvalue weighted by molar-refractivity contribution is 7.13. The zero-order valence-corrected chi connectivity index (χ0v) is 21.0. The summed E-state index contributed by atoms with van der Waals surface area (Å²) in [5.41, 5.74) is 5.95. The molecule has 0 bridgehead atoms. The number of urea groups is 1. The first-order valence-corrected chi connectivity index (χ1v) is 13.0. The van der Waals surface area contributed by atoms with Gasteiger partial charge in [0, 0.05) is 5.70 Å². The zero-order valence-electron chi connectivity index (χ0n) is 20.2. The van der Waals surface area contributed by atoms with Crippen LogP contribution in [0.2, 0.25) is 0 Å². The van der Waals surface area contributed by atoms with Gasteiger partial charge in [0.25, 0.3) is 5.89 Å². The van der Waals surface area contributed by atoms with Crippen molar-refractivity contribution >= 4 is 28.6 Å². The summed E-state index contributed by atoms with van der Waals surface area (Å²) in [7, 11) is 0. The van der Waals surface area contributed by atoms with Gasteiger partial charge >= 0.3 is 6.03 Å². The summed E-state index contributed by atoms with van der Waals surface area (Å²) in [5, 5.41) is 9.41. The Hall–Kier alpha value is -3.91. The molecule has 2 aromatic heterocycles. The Kier molecular flexibility index (Phi) is 5.81. The summed E-state index contributed by atoms with van der Waals surface area (Å²) < 4.78 is 11.4. The summed E-state index contributed by atoms with van der Waals surface area (Å²) in [6.07, 6.45) is 3.28. The number of anilines is 1. The highest BCUT2D eigenvalue weighted by Crippen LogP contribution is 2.40. The standard InChI is InChI=1S/C28H26N4O3S/c1-3-34-22-13-10-19(11-14-22)25-24(27-30-26(31-35-27)23-8-5-15-36-23)17(2)32(28(33)29-25)21-12-9-18-6-4-7-20(18)16-21/h5,8-16,25H,3-4,6-7H2,1-2H3,(H,29,33). The number of nitrogens with one attached hydrogen (secondary N) is 1. The van der Waals surface area contributed by atoms with Gasteiger partial charge in [0.1, 0.15) is 5.75 Å². The van der Waals surface area contributed by atoms with Crippen LogP contribution in [-0.2, 0) is 12.8 Å². The van der Waals surface area contributed by atoms with Gasteiger partial charge in [-0.05, 0) is 85.5 Å². The number of allylic oxidation sites excluding steroid dienone is 1. The minimum absolute atomic E-state index is 0.189. The first-order valence-electron chi connectivity index (χ1n) is 12.2. The first kappa shape index (κ1) is 22.5. The van der Waals surface area contributed by atoms with Crippen LogP contribution in [0.5, 0.6) is 5.75 Å². The number of aryl methyl sites for hydroxylation is 2. The van der Waals surface area contributed by atoms with Crippen LogP contribution < -0.4 is 15.0 Å². The fourth-order valence-corrected chi connectivity index (χ4v) is 5.69. The van der Waals surface area contributed by atoms with Crippen LogP contribution in [0.25, 0.3) is 16.3 Å². The topological polar surface area (TPSA) is 80.5 Å². The van der Waals surface area contributed by atoms with Crippen molar-refractivity contribution < 1.29 is 14.1 Å². The summed E-state index contributed by atoms with van der Waals surface area (Å²) in [4.78, 5) is 20.9. The van der Waals surface area contributed by atoms with Crippen LogP contribution in [0.15, 0.2) is 70.2 Å². The molecule has 0 radical (unpaired) electrons. The normalized spacial score (nSPS) is 17.3. The molecule has 1 aliphatic carbocycles. The molecule has 1 N–H and O–H groups in total. The number of nitrogens with zero attached hydrogens (tertiary/aromatic N) is 3. The molecule has 4 aromatic rings. The number of aromatic nitrogens is 2. The average Bonchev–Trinajstić information content (AvgIpc) is 3.66. The molecule has 1 unspecified atom stereocenters. The minimum atomic E-state index is -0.449. The second-order valence-electron chi connectivity index (χ2n) is 8.93. The van der Waals surface area contributed by atoms with Gasteiger partial charge in [0.05, 0.1) is 28.8 Å². The molecule has 8 heteroatoms. The molecule has 2 amide bonds. The third-order valence-electron chi connectivity index (χ3n) is 6.75. The van der Waals surface area contributed by atoms with E-state index in [4.69, 9.17) is 14.2 Å². The van der Waals surface area contributed by atoms with Crippen molar-refractivity contribution in [2.45, 2.75) is 39.2 Å². The van der Waals surface area contributed by atoms with E-state index in [1.807, 2.05) is 61.7 Å². The predicted molar refractivity (Wildman–Crippen MR) is 140 cm³/mol. The van der Waals surface area contributed by atoms with Gasteiger partial charge < -0.3 is 14.6 Å². The van der Waals surface area contributed by atoms with E-state index in [-0.39, 0.29) is 6.03 Å². The summed E-state index contributed by atoms with van der Waals surface area (Å²) >= 11 is 1.55. The maximum Gasteiger partial charge on any atom is 0.326 e. The third-order valence-corrected chi connectivity index (χ3v) is 7.61. The van der Waals surface area contributed by atoms with Crippen molar-refractivity contribution in [2.75, 3.05) is 11.5 Å². The SMILES string of the molecule is CCOc1ccc(C2NC(=O)N(c3ccc4c(c3)CCC4)C(C)=C2c2nc(-c3cccs3)no2)cc1. The molecule has 0 saturated heterocycles. The Bertz CT molecular complexity index is 1440. The van der Waals surface area contributed by atoms with Crippen LogP contribution in [0.1, 0.15) is 48.9 Å². The monoisotopic (exact) mass is 498 g/mol. The van der Waals surface area contributed by atoms with E-state index in [2.05, 4.69) is 22.6 Å². The van der Waals surface area contributed by atoms with E-state index in [9.17, 15) is 4.79 Å². The van der Waals surface area contributed by atoms with E-state index < -0.39 is 6.04 Å². The van der Waals surface area contributed by atoms with Crippen molar-refractivity contribution in [1.29, 1.82) is 0 Å². The molecule has 6 rings (SSSR count). The molecule has 0 fully saturated rings. The summed E-state index contributed by atoms with van der Waals surface area (Å²) in [6.45, 7) is 4.48. The number of carbonyl (C=O) groups is 1. The largest absolute Gasteiger partial charge is 0.494 e. The van der Waals surface area contributed by atoms with Crippen molar-refractivity contribution in [2.24, 2.45) is 0 Å². The smallest absolute Gasteiger partial charge is 0.326 e. The Morgan fingerprint density at radius 1 is 1.14 bits per heavy atom. The molecule has 182 valence electrons. The lowest BCUT2D eigenvalue weighted by atomic mass is 9.94. The van der Waals surface area contributed by atoms with Gasteiger partial charge in [0.2, 0.25) is 5.82 Å². The number of ether oxygens (including phenoxy) is 1. The lowest BCUT2D eigenvalue weighted by molar-refractivity contribution is 0.244. The summed E-state index contributed by atoms with van der Waals surface area (Å²) in [5.74, 6) is 1.70. The highest BCUT2D eigenvalue weighted by atomic mass is 32.1. The highest BCUT2D eigenvalue weighted by Gasteiger charge is 2.37. The second kappa shape index (κ2) is 9.28. The number of rotatable bonds is 6. The van der Waals surface area contributed by atoms with Crippen molar-refractivity contribution in [3.63, 3.8) is 0 Å². The number of carbonyl (C=O) groups excluding carboxylic acids is 1. The van der Waals surface area contributed by atoms with E-state index in [0.29, 0.717) is 18.3 Å². The van der Waals surface area contributed by atoms with Crippen molar-refractivity contribution in [3.8, 4) is 16.5 Å². The first-order chi connectivity index (χ1) is 17.6. The fraction of sp³-hybridized carbons (Fsp3) is 0.250. The predicted octanol–water partition coefficient (Wildman–Crippen LogP) is 6.39. The van der Waals surface area contributed by atoms with Crippen LogP contribution in [-0.4, -0.2) is 22.8 Å². The van der Waals surface area contributed by atoms with Crippen LogP contribution >= 0.6 is 11.3 Å².